The molecule has 2 amide bonds. The molecule has 2 heterocycles. The van der Waals surface area contributed by atoms with Crippen molar-refractivity contribution in [3.63, 3.8) is 0 Å². The molecule has 12 heteroatoms. The van der Waals surface area contributed by atoms with Crippen molar-refractivity contribution in [2.45, 2.75) is 25.1 Å². The maximum atomic E-state index is 12.9. The molecule has 2 aromatic carbocycles. The number of alkyl halides is 3. The van der Waals surface area contributed by atoms with Gasteiger partial charge in [-0.2, -0.15) is 0 Å². The number of anilines is 2. The molecule has 33 heavy (non-hydrogen) atoms. The van der Waals surface area contributed by atoms with Gasteiger partial charge in [-0.1, -0.05) is 6.07 Å². The SMILES string of the molecule is NC1=NCc2ccc(NC(=O)[C@H](O)[C@H]3OCCN(c4ccc(OC(F)(F)F)cc4)C3=O)cc21. The summed E-state index contributed by atoms with van der Waals surface area (Å²) < 4.78 is 46.1. The summed E-state index contributed by atoms with van der Waals surface area (Å²) in [4.78, 5) is 30.7. The Balaban J connectivity index is 1.43. The molecule has 0 aromatic heterocycles. The third-order valence-electron chi connectivity index (χ3n) is 5.13. The van der Waals surface area contributed by atoms with Gasteiger partial charge in [0.1, 0.15) is 11.6 Å². The predicted octanol–water partition coefficient (Wildman–Crippen LogP) is 1.54. The lowest BCUT2D eigenvalue weighted by Crippen LogP contribution is -2.55. The number of amides is 2. The van der Waals surface area contributed by atoms with E-state index in [-0.39, 0.29) is 18.8 Å². The number of halogens is 3. The largest absolute Gasteiger partial charge is 0.573 e. The number of aliphatic hydroxyl groups is 1. The lowest BCUT2D eigenvalue weighted by Gasteiger charge is -2.34. The molecule has 2 atom stereocenters. The van der Waals surface area contributed by atoms with Gasteiger partial charge in [-0.05, 0) is 42.0 Å². The number of ether oxygens (including phenoxy) is 2. The first-order chi connectivity index (χ1) is 15.6. The number of amidine groups is 1. The summed E-state index contributed by atoms with van der Waals surface area (Å²) in [6.07, 6.45) is -8.16. The minimum absolute atomic E-state index is 0.00733. The first kappa shape index (κ1) is 22.6. The number of nitrogens with one attached hydrogen (secondary N) is 1. The van der Waals surface area contributed by atoms with E-state index < -0.39 is 36.1 Å². The van der Waals surface area contributed by atoms with E-state index in [2.05, 4.69) is 15.0 Å². The number of benzene rings is 2. The Morgan fingerprint density at radius 1 is 1.27 bits per heavy atom. The highest BCUT2D eigenvalue weighted by Crippen LogP contribution is 2.27. The summed E-state index contributed by atoms with van der Waals surface area (Å²) in [7, 11) is 0. The average Bonchev–Trinajstić information content (AvgIpc) is 3.13. The van der Waals surface area contributed by atoms with Crippen LogP contribution in [-0.4, -0.2) is 54.5 Å². The normalized spacial score (nSPS) is 19.0. The van der Waals surface area contributed by atoms with Crippen molar-refractivity contribution >= 4 is 29.0 Å². The van der Waals surface area contributed by atoms with Gasteiger partial charge in [-0.15, -0.1) is 13.2 Å². The maximum Gasteiger partial charge on any atom is 0.573 e. The minimum Gasteiger partial charge on any atom is -0.406 e. The average molecular weight is 464 g/mol. The zero-order valence-electron chi connectivity index (χ0n) is 17.0. The maximum absolute atomic E-state index is 12.9. The molecule has 0 radical (unpaired) electrons. The number of hydrogen-bond acceptors (Lipinski definition) is 7. The first-order valence-electron chi connectivity index (χ1n) is 9.83. The number of fused-ring (bicyclic) bond motifs is 1. The van der Waals surface area contributed by atoms with Crippen LogP contribution in [0, 0.1) is 0 Å². The Bertz CT molecular complexity index is 1100. The molecular formula is C21H19F3N4O5. The fourth-order valence-corrected chi connectivity index (χ4v) is 3.56. The van der Waals surface area contributed by atoms with Gasteiger partial charge >= 0.3 is 6.36 Å². The summed E-state index contributed by atoms with van der Waals surface area (Å²) in [5, 5.41) is 13.0. The number of carbonyl (C=O) groups is 2. The van der Waals surface area contributed by atoms with Crippen molar-refractivity contribution in [2.24, 2.45) is 10.7 Å². The van der Waals surface area contributed by atoms with Crippen molar-refractivity contribution in [1.82, 2.24) is 0 Å². The molecule has 1 saturated heterocycles. The van der Waals surface area contributed by atoms with Crippen molar-refractivity contribution < 1.29 is 37.3 Å². The number of carbonyl (C=O) groups excluding carboxylic acids is 2. The van der Waals surface area contributed by atoms with Crippen molar-refractivity contribution in [1.29, 1.82) is 0 Å². The third kappa shape index (κ3) is 4.91. The number of hydrogen-bond donors (Lipinski definition) is 3. The van der Waals surface area contributed by atoms with E-state index in [9.17, 15) is 27.9 Å². The summed E-state index contributed by atoms with van der Waals surface area (Å²) >= 11 is 0. The van der Waals surface area contributed by atoms with Crippen LogP contribution in [0.2, 0.25) is 0 Å². The van der Waals surface area contributed by atoms with Crippen LogP contribution < -0.4 is 20.7 Å². The number of nitrogens with two attached hydrogens (primary N) is 1. The quantitative estimate of drug-likeness (QED) is 0.616. The van der Waals surface area contributed by atoms with E-state index in [0.717, 1.165) is 17.7 Å². The molecule has 0 unspecified atom stereocenters. The van der Waals surface area contributed by atoms with Gasteiger partial charge in [-0.25, -0.2) is 0 Å². The zero-order valence-corrected chi connectivity index (χ0v) is 17.0. The van der Waals surface area contributed by atoms with E-state index >= 15 is 0 Å². The molecule has 0 saturated carbocycles. The summed E-state index contributed by atoms with van der Waals surface area (Å²) in [6.45, 7) is 0.543. The number of morpholine rings is 1. The first-order valence-corrected chi connectivity index (χ1v) is 9.83. The Labute approximate surface area is 185 Å². The fraction of sp³-hybridized carbons (Fsp3) is 0.286. The van der Waals surface area contributed by atoms with Gasteiger partial charge < -0.3 is 30.5 Å². The van der Waals surface area contributed by atoms with Gasteiger partial charge in [0.2, 0.25) is 0 Å². The van der Waals surface area contributed by atoms with Crippen LogP contribution in [0.1, 0.15) is 11.1 Å². The van der Waals surface area contributed by atoms with Crippen LogP contribution in [-0.2, 0) is 20.9 Å². The van der Waals surface area contributed by atoms with Crippen molar-refractivity contribution in [3.05, 3.63) is 53.6 Å². The van der Waals surface area contributed by atoms with Gasteiger partial charge in [0, 0.05) is 23.5 Å². The molecule has 0 bridgehead atoms. The zero-order chi connectivity index (χ0) is 23.8. The standard InChI is InChI=1S/C21H19F3N4O5/c22-21(23,24)33-14-5-3-13(4-6-14)28-7-8-32-17(20(28)31)16(29)19(30)27-12-2-1-11-10-26-18(25)15(11)9-12/h1-6,9,16-17,29H,7-8,10H2,(H2,25,26)(H,27,30)/t16-,17-/m1/s1. The second kappa shape index (κ2) is 8.71. The number of aliphatic hydroxyl groups excluding tert-OH is 1. The van der Waals surface area contributed by atoms with Crippen molar-refractivity contribution in [2.75, 3.05) is 23.4 Å². The van der Waals surface area contributed by atoms with Crippen LogP contribution in [0.5, 0.6) is 5.75 Å². The van der Waals surface area contributed by atoms with Crippen LogP contribution in [0.15, 0.2) is 47.5 Å². The molecule has 4 N–H and O–H groups in total. The fourth-order valence-electron chi connectivity index (χ4n) is 3.56. The molecular weight excluding hydrogens is 445 g/mol. The summed E-state index contributed by atoms with van der Waals surface area (Å²) in [5.74, 6) is -1.67. The highest BCUT2D eigenvalue weighted by molar-refractivity contribution is 6.05. The molecule has 2 aromatic rings. The second-order valence-electron chi connectivity index (χ2n) is 7.33. The van der Waals surface area contributed by atoms with Gasteiger partial charge in [-0.3, -0.25) is 14.6 Å². The number of rotatable bonds is 5. The Kier molecular flexibility index (Phi) is 5.95. The van der Waals surface area contributed by atoms with Gasteiger partial charge in [0.25, 0.3) is 11.8 Å². The molecule has 9 nitrogen and oxygen atoms in total. The molecule has 4 rings (SSSR count). The van der Waals surface area contributed by atoms with Crippen LogP contribution in [0.3, 0.4) is 0 Å². The van der Waals surface area contributed by atoms with E-state index in [4.69, 9.17) is 10.5 Å². The van der Waals surface area contributed by atoms with Gasteiger partial charge in [0.15, 0.2) is 12.2 Å². The Hall–Kier alpha value is -3.64. The third-order valence-corrected chi connectivity index (χ3v) is 5.13. The molecule has 1 fully saturated rings. The van der Waals surface area contributed by atoms with Gasteiger partial charge in [0.05, 0.1) is 13.2 Å². The smallest absolute Gasteiger partial charge is 0.406 e. The van der Waals surface area contributed by atoms with E-state index in [1.165, 1.54) is 17.0 Å². The highest BCUT2D eigenvalue weighted by Gasteiger charge is 2.39. The monoisotopic (exact) mass is 464 g/mol. The Morgan fingerprint density at radius 3 is 2.70 bits per heavy atom. The lowest BCUT2D eigenvalue weighted by molar-refractivity contribution is -0.274. The summed E-state index contributed by atoms with van der Waals surface area (Å²) in [5.41, 5.74) is 8.01. The topological polar surface area (TPSA) is 126 Å². The van der Waals surface area contributed by atoms with E-state index in [1.54, 1.807) is 18.2 Å². The summed E-state index contributed by atoms with van der Waals surface area (Å²) in [6, 6.07) is 9.65. The number of aliphatic imine (C=N–C) groups is 1. The van der Waals surface area contributed by atoms with Crippen LogP contribution >= 0.6 is 0 Å². The Morgan fingerprint density at radius 2 is 2.00 bits per heavy atom. The molecule has 174 valence electrons. The lowest BCUT2D eigenvalue weighted by atomic mass is 10.1. The molecule has 0 aliphatic carbocycles. The number of nitrogens with zero attached hydrogens (tertiary/aromatic N) is 2. The van der Waals surface area contributed by atoms with Crippen molar-refractivity contribution in [3.8, 4) is 5.75 Å². The highest BCUT2D eigenvalue weighted by atomic mass is 19.4. The van der Waals surface area contributed by atoms with Crippen LogP contribution in [0.25, 0.3) is 0 Å². The van der Waals surface area contributed by atoms with Crippen LogP contribution in [0.4, 0.5) is 24.5 Å². The second-order valence-corrected chi connectivity index (χ2v) is 7.33. The molecule has 0 spiro atoms. The molecule has 2 aliphatic rings. The van der Waals surface area contributed by atoms with E-state index in [0.29, 0.717) is 23.6 Å². The molecule has 2 aliphatic heterocycles. The predicted molar refractivity (Wildman–Crippen MR) is 111 cm³/mol. The minimum atomic E-state index is -4.84. The van der Waals surface area contributed by atoms with E-state index in [1.807, 2.05) is 0 Å².